The Balaban J connectivity index is 2.54. The van der Waals surface area contributed by atoms with Gasteiger partial charge >= 0.3 is 0 Å². The van der Waals surface area contributed by atoms with Gasteiger partial charge in [-0.15, -0.1) is 5.10 Å². The lowest BCUT2D eigenvalue weighted by atomic mass is 9.98. The van der Waals surface area contributed by atoms with Gasteiger partial charge < -0.3 is 5.32 Å². The SMILES string of the molecule is CCNC(c1ccc(C)c(F)c1F)c1snnc1C(C)C. The summed E-state index contributed by atoms with van der Waals surface area (Å²) in [5, 5.41) is 7.33. The number of rotatable bonds is 5. The highest BCUT2D eigenvalue weighted by Crippen LogP contribution is 2.33. The number of aryl methyl sites for hydroxylation is 1. The van der Waals surface area contributed by atoms with Crippen molar-refractivity contribution < 1.29 is 8.78 Å². The highest BCUT2D eigenvalue weighted by atomic mass is 32.1. The maximum absolute atomic E-state index is 14.3. The number of nitrogens with one attached hydrogen (secondary N) is 1. The molecule has 0 radical (unpaired) electrons. The average Bonchev–Trinajstić information content (AvgIpc) is 2.92. The summed E-state index contributed by atoms with van der Waals surface area (Å²) in [6.45, 7) is 8.14. The molecule has 2 rings (SSSR count). The second-order valence-electron chi connectivity index (χ2n) is 5.27. The van der Waals surface area contributed by atoms with Crippen LogP contribution in [0.15, 0.2) is 12.1 Å². The van der Waals surface area contributed by atoms with E-state index in [1.54, 1.807) is 19.1 Å². The zero-order valence-electron chi connectivity index (χ0n) is 12.6. The van der Waals surface area contributed by atoms with Gasteiger partial charge in [0.15, 0.2) is 11.6 Å². The lowest BCUT2D eigenvalue weighted by Gasteiger charge is -2.19. The summed E-state index contributed by atoms with van der Waals surface area (Å²) in [7, 11) is 0. The Labute approximate surface area is 127 Å². The van der Waals surface area contributed by atoms with Gasteiger partial charge in [-0.2, -0.15) is 0 Å². The molecule has 21 heavy (non-hydrogen) atoms. The van der Waals surface area contributed by atoms with E-state index in [1.165, 1.54) is 11.5 Å². The van der Waals surface area contributed by atoms with Crippen molar-refractivity contribution in [2.24, 2.45) is 0 Å². The van der Waals surface area contributed by atoms with Gasteiger partial charge in [0.25, 0.3) is 0 Å². The van der Waals surface area contributed by atoms with Crippen molar-refractivity contribution in [2.45, 2.75) is 39.7 Å². The lowest BCUT2D eigenvalue weighted by Crippen LogP contribution is -2.24. The summed E-state index contributed by atoms with van der Waals surface area (Å²) < 4.78 is 32.1. The molecule has 1 unspecified atom stereocenters. The maximum Gasteiger partial charge on any atom is 0.164 e. The fraction of sp³-hybridized carbons (Fsp3) is 0.467. The number of hydrogen-bond donors (Lipinski definition) is 1. The first kappa shape index (κ1) is 16.0. The molecule has 2 aromatic rings. The number of hydrogen-bond acceptors (Lipinski definition) is 4. The van der Waals surface area contributed by atoms with Crippen LogP contribution >= 0.6 is 11.5 Å². The van der Waals surface area contributed by atoms with E-state index in [0.717, 1.165) is 10.6 Å². The first-order chi connectivity index (χ1) is 9.97. The average molecular weight is 311 g/mol. The lowest BCUT2D eigenvalue weighted by molar-refractivity contribution is 0.479. The van der Waals surface area contributed by atoms with Crippen LogP contribution in [0, 0.1) is 18.6 Å². The van der Waals surface area contributed by atoms with Gasteiger partial charge in [0.1, 0.15) is 0 Å². The van der Waals surface area contributed by atoms with Gasteiger partial charge in [-0.1, -0.05) is 37.4 Å². The molecule has 1 heterocycles. The van der Waals surface area contributed by atoms with Crippen LogP contribution in [0.4, 0.5) is 8.78 Å². The molecule has 0 fully saturated rings. The third kappa shape index (κ3) is 3.11. The van der Waals surface area contributed by atoms with E-state index in [0.29, 0.717) is 17.7 Å². The van der Waals surface area contributed by atoms with Gasteiger partial charge in [0.05, 0.1) is 16.6 Å². The Morgan fingerprint density at radius 1 is 1.24 bits per heavy atom. The summed E-state index contributed by atoms with van der Waals surface area (Å²) in [5.41, 5.74) is 1.43. The molecule has 1 atom stereocenters. The first-order valence-electron chi connectivity index (χ1n) is 6.97. The smallest absolute Gasteiger partial charge is 0.164 e. The van der Waals surface area contributed by atoms with E-state index < -0.39 is 17.7 Å². The molecule has 0 aliphatic rings. The number of benzene rings is 1. The minimum absolute atomic E-state index is 0.179. The predicted molar refractivity (Wildman–Crippen MR) is 80.6 cm³/mol. The van der Waals surface area contributed by atoms with Crippen molar-refractivity contribution in [1.29, 1.82) is 0 Å². The topological polar surface area (TPSA) is 37.8 Å². The van der Waals surface area contributed by atoms with Gasteiger partial charge in [0, 0.05) is 5.56 Å². The molecular formula is C15H19F2N3S. The van der Waals surface area contributed by atoms with Crippen molar-refractivity contribution in [1.82, 2.24) is 14.9 Å². The van der Waals surface area contributed by atoms with Crippen molar-refractivity contribution in [3.05, 3.63) is 45.5 Å². The monoisotopic (exact) mass is 311 g/mol. The summed E-state index contributed by atoms with van der Waals surface area (Å²) >= 11 is 1.23. The van der Waals surface area contributed by atoms with E-state index in [4.69, 9.17) is 0 Å². The van der Waals surface area contributed by atoms with E-state index in [9.17, 15) is 8.78 Å². The zero-order valence-corrected chi connectivity index (χ0v) is 13.4. The standard InChI is InChI=1S/C15H19F2N3S/c1-5-18-14(15-13(8(2)3)19-20-21-15)10-7-6-9(4)11(16)12(10)17/h6-8,14,18H,5H2,1-4H3. The van der Waals surface area contributed by atoms with Crippen LogP contribution in [0.1, 0.15) is 54.4 Å². The molecule has 114 valence electrons. The summed E-state index contributed by atoms with van der Waals surface area (Å²) in [4.78, 5) is 0.842. The largest absolute Gasteiger partial charge is 0.306 e. The maximum atomic E-state index is 14.3. The first-order valence-corrected chi connectivity index (χ1v) is 7.74. The molecule has 0 aliphatic carbocycles. The molecule has 1 aromatic heterocycles. The Bertz CT molecular complexity index is 625. The predicted octanol–water partition coefficient (Wildman–Crippen LogP) is 3.95. The summed E-state index contributed by atoms with van der Waals surface area (Å²) in [5.74, 6) is -1.42. The molecule has 0 aliphatic heterocycles. The number of halogens is 2. The Morgan fingerprint density at radius 3 is 2.57 bits per heavy atom. The second-order valence-corrected chi connectivity index (χ2v) is 6.05. The zero-order chi connectivity index (χ0) is 15.6. The summed E-state index contributed by atoms with van der Waals surface area (Å²) in [6.07, 6.45) is 0. The molecule has 0 bridgehead atoms. The van der Waals surface area contributed by atoms with Gasteiger partial charge in [-0.25, -0.2) is 8.78 Å². The van der Waals surface area contributed by atoms with Crippen LogP contribution in [-0.2, 0) is 0 Å². The van der Waals surface area contributed by atoms with E-state index >= 15 is 0 Å². The Morgan fingerprint density at radius 2 is 1.95 bits per heavy atom. The van der Waals surface area contributed by atoms with E-state index in [1.807, 2.05) is 20.8 Å². The van der Waals surface area contributed by atoms with Crippen molar-refractivity contribution in [2.75, 3.05) is 6.54 Å². The third-order valence-electron chi connectivity index (χ3n) is 3.37. The van der Waals surface area contributed by atoms with Crippen molar-refractivity contribution in [3.8, 4) is 0 Å². The highest BCUT2D eigenvalue weighted by Gasteiger charge is 2.26. The number of aromatic nitrogens is 2. The molecule has 3 nitrogen and oxygen atoms in total. The fourth-order valence-electron chi connectivity index (χ4n) is 2.24. The normalized spacial score (nSPS) is 12.9. The molecule has 0 saturated carbocycles. The molecular weight excluding hydrogens is 292 g/mol. The quantitative estimate of drug-likeness (QED) is 0.908. The van der Waals surface area contributed by atoms with Crippen LogP contribution in [0.2, 0.25) is 0 Å². The van der Waals surface area contributed by atoms with E-state index in [-0.39, 0.29) is 5.92 Å². The molecule has 1 N–H and O–H groups in total. The minimum atomic E-state index is -0.802. The van der Waals surface area contributed by atoms with Crippen molar-refractivity contribution in [3.63, 3.8) is 0 Å². The molecule has 1 aromatic carbocycles. The van der Waals surface area contributed by atoms with Crippen molar-refractivity contribution >= 4 is 11.5 Å². The van der Waals surface area contributed by atoms with Crippen LogP contribution in [-0.4, -0.2) is 16.1 Å². The Kier molecular flexibility index (Phi) is 5.00. The van der Waals surface area contributed by atoms with Gasteiger partial charge in [-0.05, 0) is 36.5 Å². The Hall–Kier alpha value is -1.40. The van der Waals surface area contributed by atoms with Gasteiger partial charge in [-0.3, -0.25) is 0 Å². The molecule has 0 saturated heterocycles. The number of nitrogens with zero attached hydrogens (tertiary/aromatic N) is 2. The molecule has 0 spiro atoms. The third-order valence-corrected chi connectivity index (χ3v) is 4.18. The second kappa shape index (κ2) is 6.58. The molecule has 0 amide bonds. The van der Waals surface area contributed by atoms with Gasteiger partial charge in [0.2, 0.25) is 0 Å². The van der Waals surface area contributed by atoms with Crippen LogP contribution in [0.25, 0.3) is 0 Å². The highest BCUT2D eigenvalue weighted by molar-refractivity contribution is 7.05. The van der Waals surface area contributed by atoms with E-state index in [2.05, 4.69) is 14.9 Å². The minimum Gasteiger partial charge on any atom is -0.306 e. The van der Waals surface area contributed by atoms with Crippen LogP contribution in [0.3, 0.4) is 0 Å². The fourth-order valence-corrected chi connectivity index (χ4v) is 3.14. The van der Waals surface area contributed by atoms with Crippen LogP contribution < -0.4 is 5.32 Å². The van der Waals surface area contributed by atoms with Crippen LogP contribution in [0.5, 0.6) is 0 Å². The summed E-state index contributed by atoms with van der Waals surface area (Å²) in [6, 6.07) is 2.80. The molecule has 6 heteroatoms.